The summed E-state index contributed by atoms with van der Waals surface area (Å²) >= 11 is 0. The quantitative estimate of drug-likeness (QED) is 0.150. The van der Waals surface area contributed by atoms with Crippen LogP contribution in [-0.2, 0) is 9.53 Å². The van der Waals surface area contributed by atoms with Gasteiger partial charge in [0.15, 0.2) is 0 Å². The number of carbonyl (C=O) groups is 1. The molecule has 0 rings (SSSR count). The van der Waals surface area contributed by atoms with Gasteiger partial charge in [-0.25, -0.2) is 9.53 Å². The van der Waals surface area contributed by atoms with Crippen LogP contribution in [0.5, 0.6) is 0 Å². The largest absolute Gasteiger partial charge is 0.624 e. The second-order valence-electron chi connectivity index (χ2n) is 2.20. The molecule has 0 saturated carbocycles. The maximum Gasteiger partial charge on any atom is 0.396 e. The number of unbranched alkanes of at least 4 members (excludes halogenated alkanes) is 1. The molecule has 4 heteroatoms. The maximum absolute atomic E-state index is 10.6. The standard InChI is InChI=1S/C7H13NO3/c1-3-4-5-11-7(9)6-8(2)10/h6H,3-5H2,1-2H3/b8-6+. The average Bonchev–Trinajstić information content (AvgIpc) is 1.86. The molecule has 0 aromatic heterocycles. The first-order valence-electron chi connectivity index (χ1n) is 3.58. The first kappa shape index (κ1) is 9.94. The van der Waals surface area contributed by atoms with Crippen LogP contribution in [0, 0.1) is 5.21 Å². The van der Waals surface area contributed by atoms with E-state index in [0.717, 1.165) is 19.1 Å². The van der Waals surface area contributed by atoms with Crippen LogP contribution in [0.15, 0.2) is 0 Å². The highest BCUT2D eigenvalue weighted by Gasteiger charge is 2.00. The average molecular weight is 159 g/mol. The number of nitrogens with zero attached hydrogens (tertiary/aromatic N) is 1. The summed E-state index contributed by atoms with van der Waals surface area (Å²) in [5, 5.41) is 10.2. The molecule has 0 fully saturated rings. The second-order valence-corrected chi connectivity index (χ2v) is 2.20. The Labute approximate surface area is 66.1 Å². The molecule has 11 heavy (non-hydrogen) atoms. The van der Waals surface area contributed by atoms with E-state index in [2.05, 4.69) is 4.74 Å². The Bertz CT molecular complexity index is 150. The van der Waals surface area contributed by atoms with E-state index in [1.807, 2.05) is 6.92 Å². The zero-order valence-electron chi connectivity index (χ0n) is 6.87. The van der Waals surface area contributed by atoms with Crippen molar-refractivity contribution in [3.8, 4) is 0 Å². The molecular weight excluding hydrogens is 146 g/mol. The van der Waals surface area contributed by atoms with Gasteiger partial charge < -0.3 is 9.94 Å². The monoisotopic (exact) mass is 159 g/mol. The van der Waals surface area contributed by atoms with E-state index >= 15 is 0 Å². The number of rotatable bonds is 4. The third-order valence-corrected chi connectivity index (χ3v) is 1.03. The fraction of sp³-hybridized carbons (Fsp3) is 0.714. The Balaban J connectivity index is 3.46. The van der Waals surface area contributed by atoms with Crippen molar-refractivity contribution in [2.24, 2.45) is 0 Å². The predicted octanol–water partition coefficient (Wildman–Crippen LogP) is 0.541. The van der Waals surface area contributed by atoms with Gasteiger partial charge in [0.05, 0.1) is 6.61 Å². The zero-order valence-corrected chi connectivity index (χ0v) is 6.87. The topological polar surface area (TPSA) is 52.4 Å². The highest BCUT2D eigenvalue weighted by atomic mass is 16.5. The number of ether oxygens (including phenoxy) is 1. The second kappa shape index (κ2) is 5.70. The van der Waals surface area contributed by atoms with E-state index in [1.165, 1.54) is 7.05 Å². The number of esters is 1. The predicted molar refractivity (Wildman–Crippen MR) is 41.5 cm³/mol. The van der Waals surface area contributed by atoms with Gasteiger partial charge >= 0.3 is 5.97 Å². The van der Waals surface area contributed by atoms with Crippen LogP contribution in [0.25, 0.3) is 0 Å². The van der Waals surface area contributed by atoms with Crippen molar-refractivity contribution in [1.29, 1.82) is 0 Å². The van der Waals surface area contributed by atoms with Gasteiger partial charge in [-0.1, -0.05) is 13.3 Å². The van der Waals surface area contributed by atoms with Crippen molar-refractivity contribution in [2.45, 2.75) is 19.8 Å². The van der Waals surface area contributed by atoms with Crippen molar-refractivity contribution in [3.63, 3.8) is 0 Å². The summed E-state index contributed by atoms with van der Waals surface area (Å²) in [4.78, 5) is 10.6. The lowest BCUT2D eigenvalue weighted by atomic mass is 10.4. The molecule has 0 unspecified atom stereocenters. The summed E-state index contributed by atoms with van der Waals surface area (Å²) in [7, 11) is 1.24. The van der Waals surface area contributed by atoms with Crippen LogP contribution in [-0.4, -0.2) is 30.6 Å². The molecule has 0 amide bonds. The zero-order chi connectivity index (χ0) is 8.69. The lowest BCUT2D eigenvalue weighted by Crippen LogP contribution is -2.12. The van der Waals surface area contributed by atoms with Crippen molar-refractivity contribution < 1.29 is 14.3 Å². The minimum absolute atomic E-state index is 0.389. The van der Waals surface area contributed by atoms with E-state index in [-0.39, 0.29) is 0 Å². The smallest absolute Gasteiger partial charge is 0.396 e. The van der Waals surface area contributed by atoms with E-state index in [9.17, 15) is 10.0 Å². The Kier molecular flexibility index (Phi) is 5.15. The molecule has 0 bridgehead atoms. The van der Waals surface area contributed by atoms with Crippen LogP contribution < -0.4 is 0 Å². The summed E-state index contributed by atoms with van der Waals surface area (Å²) in [6.07, 6.45) is 2.68. The van der Waals surface area contributed by atoms with Crippen LogP contribution in [0.3, 0.4) is 0 Å². The number of hydroxylamine groups is 1. The number of hydrogen-bond donors (Lipinski definition) is 0. The molecule has 0 saturated heterocycles. The van der Waals surface area contributed by atoms with Crippen molar-refractivity contribution >= 4 is 12.2 Å². The van der Waals surface area contributed by atoms with Gasteiger partial charge in [-0.2, -0.15) is 0 Å². The molecule has 0 heterocycles. The Hall–Kier alpha value is -1.06. The van der Waals surface area contributed by atoms with E-state index in [4.69, 9.17) is 0 Å². The first-order valence-corrected chi connectivity index (χ1v) is 3.58. The van der Waals surface area contributed by atoms with Crippen molar-refractivity contribution in [3.05, 3.63) is 5.21 Å². The van der Waals surface area contributed by atoms with Crippen LogP contribution in [0.4, 0.5) is 0 Å². The fourth-order valence-electron chi connectivity index (χ4n) is 0.503. The molecule has 0 spiro atoms. The van der Waals surface area contributed by atoms with Crippen LogP contribution >= 0.6 is 0 Å². The molecule has 0 aliphatic rings. The highest BCUT2D eigenvalue weighted by molar-refractivity contribution is 6.20. The molecule has 4 nitrogen and oxygen atoms in total. The lowest BCUT2D eigenvalue weighted by molar-refractivity contribution is -0.417. The molecule has 0 radical (unpaired) electrons. The summed E-state index contributed by atoms with van der Waals surface area (Å²) < 4.78 is 5.08. The molecular formula is C7H13NO3. The van der Waals surface area contributed by atoms with Crippen LogP contribution in [0.2, 0.25) is 0 Å². The Morgan fingerprint density at radius 1 is 1.73 bits per heavy atom. The maximum atomic E-state index is 10.6. The highest BCUT2D eigenvalue weighted by Crippen LogP contribution is 1.86. The van der Waals surface area contributed by atoms with Gasteiger partial charge in [-0.3, -0.25) is 0 Å². The van der Waals surface area contributed by atoms with Gasteiger partial charge in [-0.15, -0.1) is 0 Å². The van der Waals surface area contributed by atoms with E-state index < -0.39 is 5.97 Å². The van der Waals surface area contributed by atoms with E-state index in [0.29, 0.717) is 11.3 Å². The molecule has 64 valence electrons. The molecule has 0 aromatic rings. The van der Waals surface area contributed by atoms with Crippen LogP contribution in [0.1, 0.15) is 19.8 Å². The third kappa shape index (κ3) is 6.83. The number of carbonyl (C=O) groups excluding carboxylic acids is 1. The first-order chi connectivity index (χ1) is 5.16. The molecule has 0 aliphatic carbocycles. The Morgan fingerprint density at radius 2 is 2.36 bits per heavy atom. The van der Waals surface area contributed by atoms with Crippen molar-refractivity contribution in [1.82, 2.24) is 0 Å². The summed E-state index contributed by atoms with van der Waals surface area (Å²) in [6.45, 7) is 2.39. The molecule has 0 N–H and O–H groups in total. The minimum Gasteiger partial charge on any atom is -0.624 e. The van der Waals surface area contributed by atoms with Gasteiger partial charge in [0, 0.05) is 0 Å². The molecule has 0 atom stereocenters. The van der Waals surface area contributed by atoms with Gasteiger partial charge in [-0.05, 0) is 6.42 Å². The minimum atomic E-state index is -0.573. The Morgan fingerprint density at radius 3 is 2.82 bits per heavy atom. The third-order valence-electron chi connectivity index (χ3n) is 1.03. The normalized spacial score (nSPS) is 11.3. The lowest BCUT2D eigenvalue weighted by Gasteiger charge is -1.98. The summed E-state index contributed by atoms with van der Waals surface area (Å²) in [5.74, 6) is -0.573. The fourth-order valence-corrected chi connectivity index (χ4v) is 0.503. The molecule has 0 aromatic carbocycles. The van der Waals surface area contributed by atoms with E-state index in [1.54, 1.807) is 0 Å². The van der Waals surface area contributed by atoms with Gasteiger partial charge in [0.1, 0.15) is 7.05 Å². The number of hydrogen-bond acceptors (Lipinski definition) is 3. The summed E-state index contributed by atoms with van der Waals surface area (Å²) in [5.41, 5.74) is 0. The van der Waals surface area contributed by atoms with Gasteiger partial charge in [0.25, 0.3) is 6.21 Å². The van der Waals surface area contributed by atoms with Gasteiger partial charge in [0.2, 0.25) is 0 Å². The SMILES string of the molecule is CCCCOC(=O)/C=[N+](\C)[O-]. The van der Waals surface area contributed by atoms with Crippen molar-refractivity contribution in [2.75, 3.05) is 13.7 Å². The molecule has 0 aliphatic heterocycles. The summed E-state index contributed by atoms with van der Waals surface area (Å²) in [6, 6.07) is 0.